The van der Waals surface area contributed by atoms with Crippen LogP contribution in [0.4, 0.5) is 5.69 Å². The van der Waals surface area contributed by atoms with E-state index in [1.807, 2.05) is 13.8 Å². The number of pyridine rings is 1. The topological polar surface area (TPSA) is 86.0 Å². The van der Waals surface area contributed by atoms with Gasteiger partial charge in [0, 0.05) is 5.69 Å². The minimum atomic E-state index is -1.08. The lowest BCUT2D eigenvalue weighted by Gasteiger charge is -2.27. The number of nitrogens with one attached hydrogen (secondary N) is 1. The van der Waals surface area contributed by atoms with Crippen LogP contribution in [0.15, 0.2) is 6.07 Å². The fourth-order valence-electron chi connectivity index (χ4n) is 2.09. The Morgan fingerprint density at radius 2 is 2.21 bits per heavy atom. The predicted octanol–water partition coefficient (Wildman–Crippen LogP) is 2.63. The first kappa shape index (κ1) is 15.0. The Morgan fingerprint density at radius 3 is 2.68 bits per heavy atom. The van der Waals surface area contributed by atoms with Crippen LogP contribution in [0, 0.1) is 25.2 Å². The summed E-state index contributed by atoms with van der Waals surface area (Å²) in [4.78, 5) is 15.6. The van der Waals surface area contributed by atoms with Crippen molar-refractivity contribution in [2.75, 3.05) is 5.32 Å². The number of anilines is 1. The summed E-state index contributed by atoms with van der Waals surface area (Å²) in [6.07, 6.45) is 1.22. The maximum atomic E-state index is 11.4. The normalized spacial score (nSPS) is 13.4. The van der Waals surface area contributed by atoms with E-state index >= 15 is 0 Å². The highest BCUT2D eigenvalue weighted by Crippen LogP contribution is 2.25. The standard InChI is InChI=1S/C14H19N3O2/c1-5-6-14(4,13(18)19)17-12-7-9(2)16-10(3)11(12)8-15/h7H,5-6H2,1-4H3,(H,16,17)(H,18,19). The lowest BCUT2D eigenvalue weighted by atomic mass is 9.95. The molecule has 1 rings (SSSR count). The molecule has 0 radical (unpaired) electrons. The number of carboxylic acids is 1. The minimum absolute atomic E-state index is 0.397. The van der Waals surface area contributed by atoms with Gasteiger partial charge in [-0.15, -0.1) is 0 Å². The fourth-order valence-corrected chi connectivity index (χ4v) is 2.09. The van der Waals surface area contributed by atoms with Crippen LogP contribution < -0.4 is 5.32 Å². The first-order valence-electron chi connectivity index (χ1n) is 6.24. The quantitative estimate of drug-likeness (QED) is 0.850. The van der Waals surface area contributed by atoms with Crippen molar-refractivity contribution >= 4 is 11.7 Å². The highest BCUT2D eigenvalue weighted by Gasteiger charge is 2.32. The third-order valence-electron chi connectivity index (χ3n) is 3.07. The molecule has 0 fully saturated rings. The van der Waals surface area contributed by atoms with E-state index in [9.17, 15) is 15.2 Å². The molecule has 2 N–H and O–H groups in total. The van der Waals surface area contributed by atoms with Gasteiger partial charge in [0.1, 0.15) is 11.6 Å². The van der Waals surface area contributed by atoms with E-state index in [1.165, 1.54) is 0 Å². The van der Waals surface area contributed by atoms with Crippen molar-refractivity contribution in [3.05, 3.63) is 23.0 Å². The molecule has 5 nitrogen and oxygen atoms in total. The molecule has 5 heteroatoms. The van der Waals surface area contributed by atoms with E-state index in [2.05, 4.69) is 16.4 Å². The van der Waals surface area contributed by atoms with E-state index < -0.39 is 11.5 Å². The number of carboxylic acid groups (broad SMARTS) is 1. The summed E-state index contributed by atoms with van der Waals surface area (Å²) in [6.45, 7) is 7.12. The minimum Gasteiger partial charge on any atom is -0.480 e. The smallest absolute Gasteiger partial charge is 0.329 e. The van der Waals surface area contributed by atoms with Gasteiger partial charge in [0.2, 0.25) is 0 Å². The summed E-state index contributed by atoms with van der Waals surface area (Å²) in [7, 11) is 0. The van der Waals surface area contributed by atoms with Gasteiger partial charge < -0.3 is 10.4 Å². The Labute approximate surface area is 113 Å². The molecule has 1 unspecified atom stereocenters. The predicted molar refractivity (Wildman–Crippen MR) is 73.0 cm³/mol. The van der Waals surface area contributed by atoms with Crippen molar-refractivity contribution in [2.45, 2.75) is 46.1 Å². The SMILES string of the molecule is CCCC(C)(Nc1cc(C)nc(C)c1C#N)C(=O)O. The Morgan fingerprint density at radius 1 is 1.58 bits per heavy atom. The maximum absolute atomic E-state index is 11.4. The molecule has 0 aliphatic carbocycles. The number of aryl methyl sites for hydroxylation is 2. The van der Waals surface area contributed by atoms with Crippen molar-refractivity contribution in [2.24, 2.45) is 0 Å². The molecule has 102 valence electrons. The maximum Gasteiger partial charge on any atom is 0.329 e. The van der Waals surface area contributed by atoms with Gasteiger partial charge in [-0.25, -0.2) is 4.79 Å². The second-order valence-electron chi connectivity index (χ2n) is 4.90. The third-order valence-corrected chi connectivity index (χ3v) is 3.07. The van der Waals surface area contributed by atoms with E-state index in [1.54, 1.807) is 19.9 Å². The van der Waals surface area contributed by atoms with Gasteiger partial charge >= 0.3 is 5.97 Å². The van der Waals surface area contributed by atoms with Gasteiger partial charge in [-0.1, -0.05) is 13.3 Å². The van der Waals surface area contributed by atoms with Crippen LogP contribution in [0.3, 0.4) is 0 Å². The summed E-state index contributed by atoms with van der Waals surface area (Å²) >= 11 is 0. The van der Waals surface area contributed by atoms with Gasteiger partial charge in [-0.05, 0) is 33.3 Å². The summed E-state index contributed by atoms with van der Waals surface area (Å²) in [5.41, 5.74) is 1.21. The molecule has 1 aromatic heterocycles. The molecule has 1 aromatic rings. The first-order valence-corrected chi connectivity index (χ1v) is 6.24. The van der Waals surface area contributed by atoms with Crippen molar-refractivity contribution < 1.29 is 9.90 Å². The Bertz CT molecular complexity index is 534. The van der Waals surface area contributed by atoms with Crippen LogP contribution >= 0.6 is 0 Å². The molecular formula is C14H19N3O2. The van der Waals surface area contributed by atoms with Crippen LogP contribution in [0.1, 0.15) is 43.6 Å². The third kappa shape index (κ3) is 3.22. The molecule has 0 aliphatic rings. The number of aromatic nitrogens is 1. The van der Waals surface area contributed by atoms with E-state index in [0.29, 0.717) is 23.4 Å². The summed E-state index contributed by atoms with van der Waals surface area (Å²) in [6, 6.07) is 3.79. The van der Waals surface area contributed by atoms with E-state index in [-0.39, 0.29) is 0 Å². The van der Waals surface area contributed by atoms with Crippen molar-refractivity contribution in [3.63, 3.8) is 0 Å². The summed E-state index contributed by atoms with van der Waals surface area (Å²) in [5, 5.41) is 21.5. The first-order chi connectivity index (χ1) is 8.84. The Kier molecular flexibility index (Phi) is 4.49. The van der Waals surface area contributed by atoms with Crippen LogP contribution in [-0.4, -0.2) is 21.6 Å². The molecule has 0 amide bonds. The van der Waals surface area contributed by atoms with E-state index in [4.69, 9.17) is 0 Å². The lowest BCUT2D eigenvalue weighted by molar-refractivity contribution is -0.141. The van der Waals surface area contributed by atoms with Gasteiger partial charge in [0.15, 0.2) is 0 Å². The molecular weight excluding hydrogens is 242 g/mol. The van der Waals surface area contributed by atoms with Gasteiger partial charge in [-0.3, -0.25) is 4.98 Å². The molecule has 0 bridgehead atoms. The largest absolute Gasteiger partial charge is 0.480 e. The summed E-state index contributed by atoms with van der Waals surface area (Å²) in [5.74, 6) is -0.926. The van der Waals surface area contributed by atoms with Crippen LogP contribution in [0.5, 0.6) is 0 Å². The second kappa shape index (κ2) is 5.70. The van der Waals surface area contributed by atoms with E-state index in [0.717, 1.165) is 12.1 Å². The molecule has 0 aliphatic heterocycles. The molecule has 1 atom stereocenters. The number of aliphatic carboxylic acids is 1. The monoisotopic (exact) mass is 261 g/mol. The van der Waals surface area contributed by atoms with Gasteiger partial charge in [0.05, 0.1) is 16.9 Å². The number of nitrogens with zero attached hydrogens (tertiary/aromatic N) is 2. The molecule has 19 heavy (non-hydrogen) atoms. The highest BCUT2D eigenvalue weighted by atomic mass is 16.4. The molecule has 0 spiro atoms. The number of hydrogen-bond donors (Lipinski definition) is 2. The average molecular weight is 261 g/mol. The van der Waals surface area contributed by atoms with Crippen LogP contribution in [0.25, 0.3) is 0 Å². The zero-order chi connectivity index (χ0) is 14.6. The zero-order valence-corrected chi connectivity index (χ0v) is 11.7. The number of carbonyl (C=O) groups is 1. The number of rotatable bonds is 5. The molecule has 0 aromatic carbocycles. The molecule has 0 saturated heterocycles. The lowest BCUT2D eigenvalue weighted by Crippen LogP contribution is -2.43. The fraction of sp³-hybridized carbons (Fsp3) is 0.500. The molecule has 0 saturated carbocycles. The van der Waals surface area contributed by atoms with Gasteiger partial charge in [0.25, 0.3) is 0 Å². The number of nitriles is 1. The molecule has 1 heterocycles. The van der Waals surface area contributed by atoms with Gasteiger partial charge in [-0.2, -0.15) is 5.26 Å². The number of hydrogen-bond acceptors (Lipinski definition) is 4. The average Bonchev–Trinajstić information content (AvgIpc) is 2.28. The van der Waals surface area contributed by atoms with Crippen molar-refractivity contribution in [1.29, 1.82) is 5.26 Å². The second-order valence-corrected chi connectivity index (χ2v) is 4.90. The van der Waals surface area contributed by atoms with Crippen LogP contribution in [-0.2, 0) is 4.79 Å². The Hall–Kier alpha value is -2.09. The van der Waals surface area contributed by atoms with Crippen LogP contribution in [0.2, 0.25) is 0 Å². The van der Waals surface area contributed by atoms with Crippen molar-refractivity contribution in [3.8, 4) is 6.07 Å². The van der Waals surface area contributed by atoms with Crippen molar-refractivity contribution in [1.82, 2.24) is 4.98 Å². The highest BCUT2D eigenvalue weighted by molar-refractivity contribution is 5.83. The Balaban J connectivity index is 3.24. The zero-order valence-electron chi connectivity index (χ0n) is 11.7. The summed E-state index contributed by atoms with van der Waals surface area (Å²) < 4.78 is 0.